The lowest BCUT2D eigenvalue weighted by molar-refractivity contribution is -0.385. The fourth-order valence-corrected chi connectivity index (χ4v) is 2.51. The Hall–Kier alpha value is -1.73. The van der Waals surface area contributed by atoms with Crippen molar-refractivity contribution in [2.24, 2.45) is 5.41 Å². The van der Waals surface area contributed by atoms with Gasteiger partial charge in [-0.1, -0.05) is 6.92 Å². The van der Waals surface area contributed by atoms with Gasteiger partial charge in [-0.25, -0.2) is 4.39 Å². The molecule has 0 radical (unpaired) electrons. The predicted octanol–water partition coefficient (Wildman–Crippen LogP) is 2.28. The first kappa shape index (κ1) is 18.3. The van der Waals surface area contributed by atoms with Crippen LogP contribution in [0.4, 0.5) is 10.1 Å². The molecule has 1 saturated heterocycles. The Morgan fingerprint density at radius 1 is 1.55 bits per heavy atom. The van der Waals surface area contributed by atoms with E-state index in [4.69, 9.17) is 0 Å². The topological polar surface area (TPSA) is 84.3 Å². The van der Waals surface area contributed by atoms with Gasteiger partial charge in [0.1, 0.15) is 11.4 Å². The maximum atomic E-state index is 13.2. The predicted molar refractivity (Wildman–Crippen MR) is 82.8 cm³/mol. The Labute approximate surface area is 134 Å². The molecule has 1 atom stereocenters. The molecule has 22 heavy (non-hydrogen) atoms. The average Bonchev–Trinajstić information content (AvgIpc) is 2.45. The number of nitro benzene ring substituents is 1. The zero-order valence-electron chi connectivity index (χ0n) is 12.2. The lowest BCUT2D eigenvalue weighted by Gasteiger charge is -2.34. The van der Waals surface area contributed by atoms with Crippen molar-refractivity contribution in [2.45, 2.75) is 19.8 Å². The van der Waals surface area contributed by atoms with Gasteiger partial charge in [0.15, 0.2) is 0 Å². The van der Waals surface area contributed by atoms with Gasteiger partial charge in [-0.05, 0) is 36.9 Å². The molecule has 1 fully saturated rings. The van der Waals surface area contributed by atoms with E-state index in [-0.39, 0.29) is 29.1 Å². The Balaban J connectivity index is 0.00000242. The molecular formula is C14H19ClFN3O3. The van der Waals surface area contributed by atoms with Crippen molar-refractivity contribution in [2.75, 3.05) is 19.6 Å². The molecule has 2 rings (SSSR count). The number of piperidine rings is 1. The maximum Gasteiger partial charge on any atom is 0.282 e. The average molecular weight is 332 g/mol. The van der Waals surface area contributed by atoms with Gasteiger partial charge in [0.25, 0.3) is 11.6 Å². The molecule has 0 spiro atoms. The molecule has 1 aromatic rings. The van der Waals surface area contributed by atoms with Crippen molar-refractivity contribution in [3.63, 3.8) is 0 Å². The molecule has 8 heteroatoms. The van der Waals surface area contributed by atoms with Gasteiger partial charge in [0.2, 0.25) is 0 Å². The fourth-order valence-electron chi connectivity index (χ4n) is 2.51. The Kier molecular flexibility index (Phi) is 6.25. The van der Waals surface area contributed by atoms with E-state index in [1.807, 2.05) is 6.92 Å². The molecule has 122 valence electrons. The monoisotopic (exact) mass is 331 g/mol. The van der Waals surface area contributed by atoms with Gasteiger partial charge >= 0.3 is 0 Å². The number of halogens is 2. The van der Waals surface area contributed by atoms with Crippen LogP contribution in [0.5, 0.6) is 0 Å². The minimum atomic E-state index is -0.682. The molecule has 1 unspecified atom stereocenters. The van der Waals surface area contributed by atoms with E-state index in [2.05, 4.69) is 10.6 Å². The second-order valence-corrected chi connectivity index (χ2v) is 5.69. The van der Waals surface area contributed by atoms with Crippen LogP contribution >= 0.6 is 12.4 Å². The number of carbonyl (C=O) groups is 1. The van der Waals surface area contributed by atoms with E-state index in [9.17, 15) is 19.3 Å². The number of rotatable bonds is 4. The van der Waals surface area contributed by atoms with E-state index in [1.54, 1.807) is 0 Å². The Morgan fingerprint density at radius 3 is 2.86 bits per heavy atom. The fraction of sp³-hybridized carbons (Fsp3) is 0.500. The van der Waals surface area contributed by atoms with Gasteiger partial charge in [-0.3, -0.25) is 14.9 Å². The van der Waals surface area contributed by atoms with Crippen LogP contribution in [0.2, 0.25) is 0 Å². The summed E-state index contributed by atoms with van der Waals surface area (Å²) in [5.41, 5.74) is -0.719. The van der Waals surface area contributed by atoms with Crippen LogP contribution in [0.1, 0.15) is 30.1 Å². The molecular weight excluding hydrogens is 313 g/mol. The summed E-state index contributed by atoms with van der Waals surface area (Å²) in [6.07, 6.45) is 1.98. The summed E-state index contributed by atoms with van der Waals surface area (Å²) < 4.78 is 13.2. The molecule has 1 aromatic carbocycles. The van der Waals surface area contributed by atoms with Crippen LogP contribution in [-0.4, -0.2) is 30.5 Å². The first-order chi connectivity index (χ1) is 9.91. The third-order valence-corrected chi connectivity index (χ3v) is 3.76. The van der Waals surface area contributed by atoms with E-state index in [0.717, 1.165) is 44.1 Å². The number of amides is 1. The normalized spacial score (nSPS) is 20.8. The van der Waals surface area contributed by atoms with Crippen molar-refractivity contribution < 1.29 is 14.1 Å². The number of carbonyl (C=O) groups excluding carboxylic acids is 1. The smallest absolute Gasteiger partial charge is 0.282 e. The van der Waals surface area contributed by atoms with Crippen LogP contribution in [0.15, 0.2) is 18.2 Å². The summed E-state index contributed by atoms with van der Waals surface area (Å²) >= 11 is 0. The van der Waals surface area contributed by atoms with E-state index in [1.165, 1.54) is 0 Å². The third kappa shape index (κ3) is 4.38. The molecule has 1 heterocycles. The van der Waals surface area contributed by atoms with Crippen molar-refractivity contribution in [1.82, 2.24) is 10.6 Å². The maximum absolute atomic E-state index is 13.2. The number of hydrogen-bond acceptors (Lipinski definition) is 4. The van der Waals surface area contributed by atoms with Crippen molar-refractivity contribution >= 4 is 24.0 Å². The van der Waals surface area contributed by atoms with Gasteiger partial charge in [-0.2, -0.15) is 0 Å². The van der Waals surface area contributed by atoms with Gasteiger partial charge in [0.05, 0.1) is 4.92 Å². The van der Waals surface area contributed by atoms with Crippen LogP contribution in [0, 0.1) is 21.3 Å². The molecule has 2 N–H and O–H groups in total. The van der Waals surface area contributed by atoms with Crippen LogP contribution < -0.4 is 10.6 Å². The second-order valence-electron chi connectivity index (χ2n) is 5.69. The summed E-state index contributed by atoms with van der Waals surface area (Å²) in [5.74, 6) is -1.29. The Bertz CT molecular complexity index is 562. The summed E-state index contributed by atoms with van der Waals surface area (Å²) in [6, 6.07) is 2.88. The lowest BCUT2D eigenvalue weighted by atomic mass is 9.83. The zero-order chi connectivity index (χ0) is 15.5. The highest BCUT2D eigenvalue weighted by atomic mass is 35.5. The number of nitrogens with one attached hydrogen (secondary N) is 2. The summed E-state index contributed by atoms with van der Waals surface area (Å²) in [4.78, 5) is 22.3. The first-order valence-corrected chi connectivity index (χ1v) is 6.84. The SMILES string of the molecule is CC1(CNC(=O)c2cc(F)ccc2[N+](=O)[O-])CCCNC1.Cl. The van der Waals surface area contributed by atoms with E-state index < -0.39 is 16.6 Å². The molecule has 1 aliphatic rings. The van der Waals surface area contributed by atoms with Crippen LogP contribution in [0.3, 0.4) is 0 Å². The number of nitrogens with zero attached hydrogens (tertiary/aromatic N) is 1. The molecule has 1 aliphatic heterocycles. The Morgan fingerprint density at radius 2 is 2.27 bits per heavy atom. The number of hydrogen-bond donors (Lipinski definition) is 2. The number of nitro groups is 1. The molecule has 0 aromatic heterocycles. The largest absolute Gasteiger partial charge is 0.351 e. The lowest BCUT2D eigenvalue weighted by Crippen LogP contribution is -2.45. The van der Waals surface area contributed by atoms with Crippen LogP contribution in [-0.2, 0) is 0 Å². The zero-order valence-corrected chi connectivity index (χ0v) is 13.0. The molecule has 6 nitrogen and oxygen atoms in total. The molecule has 0 saturated carbocycles. The number of benzene rings is 1. The highest BCUT2D eigenvalue weighted by Gasteiger charge is 2.28. The standard InChI is InChI=1S/C14H18FN3O3.ClH/c1-14(5-2-6-16-8-14)9-17-13(19)11-7-10(15)3-4-12(11)18(20)21;/h3-4,7,16H,2,5-6,8-9H2,1H3,(H,17,19);1H. The van der Waals surface area contributed by atoms with Gasteiger partial charge < -0.3 is 10.6 Å². The highest BCUT2D eigenvalue weighted by Crippen LogP contribution is 2.25. The van der Waals surface area contributed by atoms with Crippen molar-refractivity contribution in [3.05, 3.63) is 39.7 Å². The van der Waals surface area contributed by atoms with E-state index >= 15 is 0 Å². The van der Waals surface area contributed by atoms with Crippen molar-refractivity contribution in [3.8, 4) is 0 Å². The molecule has 0 bridgehead atoms. The minimum Gasteiger partial charge on any atom is -0.351 e. The highest BCUT2D eigenvalue weighted by molar-refractivity contribution is 5.98. The van der Waals surface area contributed by atoms with Crippen molar-refractivity contribution in [1.29, 1.82) is 0 Å². The van der Waals surface area contributed by atoms with E-state index in [0.29, 0.717) is 6.54 Å². The van der Waals surface area contributed by atoms with Crippen LogP contribution in [0.25, 0.3) is 0 Å². The summed E-state index contributed by atoms with van der Waals surface area (Å²) in [6.45, 7) is 4.17. The summed E-state index contributed by atoms with van der Waals surface area (Å²) in [7, 11) is 0. The quantitative estimate of drug-likeness (QED) is 0.655. The molecule has 1 amide bonds. The third-order valence-electron chi connectivity index (χ3n) is 3.76. The minimum absolute atomic E-state index is 0. The van der Waals surface area contributed by atoms with Gasteiger partial charge in [-0.15, -0.1) is 12.4 Å². The first-order valence-electron chi connectivity index (χ1n) is 6.84. The second kappa shape index (κ2) is 7.51. The van der Waals surface area contributed by atoms with Gasteiger partial charge in [0, 0.05) is 19.2 Å². The summed E-state index contributed by atoms with van der Waals surface area (Å²) in [5, 5.41) is 16.8. The molecule has 0 aliphatic carbocycles.